The SMILES string of the molecule is CCCNC(c1ccc(C)cc1)C(F)(F)C(F)F. The minimum Gasteiger partial charge on any atom is -0.305 e. The standard InChI is InChI=1S/C13H17F4N/c1-3-8-18-11(13(16,17)12(14)15)10-6-4-9(2)5-7-10/h4-7,11-12,18H,3,8H2,1-2H3. The summed E-state index contributed by atoms with van der Waals surface area (Å²) in [5.41, 5.74) is 1.08. The summed E-state index contributed by atoms with van der Waals surface area (Å²) in [6.45, 7) is 3.87. The summed E-state index contributed by atoms with van der Waals surface area (Å²) in [6.07, 6.45) is -3.09. The van der Waals surface area contributed by atoms with Gasteiger partial charge in [-0.25, -0.2) is 8.78 Å². The normalized spacial score (nSPS) is 13.9. The molecule has 1 unspecified atom stereocenters. The molecule has 102 valence electrons. The molecule has 0 radical (unpaired) electrons. The zero-order valence-corrected chi connectivity index (χ0v) is 10.4. The Hall–Kier alpha value is -1.10. The molecule has 1 aromatic rings. The average Bonchev–Trinajstić information content (AvgIpc) is 2.31. The lowest BCUT2D eigenvalue weighted by atomic mass is 9.99. The molecule has 0 aliphatic heterocycles. The van der Waals surface area contributed by atoms with E-state index in [1.165, 1.54) is 12.1 Å². The molecular weight excluding hydrogens is 246 g/mol. The molecule has 0 spiro atoms. The maximum absolute atomic E-state index is 13.5. The molecule has 0 fully saturated rings. The van der Waals surface area contributed by atoms with Crippen molar-refractivity contribution in [3.63, 3.8) is 0 Å². The minimum absolute atomic E-state index is 0.180. The van der Waals surface area contributed by atoms with Gasteiger partial charge in [0.15, 0.2) is 0 Å². The van der Waals surface area contributed by atoms with Crippen LogP contribution in [0.3, 0.4) is 0 Å². The Labute approximate surface area is 104 Å². The van der Waals surface area contributed by atoms with Gasteiger partial charge in [0.2, 0.25) is 0 Å². The highest BCUT2D eigenvalue weighted by Crippen LogP contribution is 2.36. The number of hydrogen-bond donors (Lipinski definition) is 1. The van der Waals surface area contributed by atoms with Gasteiger partial charge in [0.25, 0.3) is 0 Å². The molecule has 0 saturated heterocycles. The summed E-state index contributed by atoms with van der Waals surface area (Å²) < 4.78 is 51.9. The van der Waals surface area contributed by atoms with Crippen molar-refractivity contribution in [2.75, 3.05) is 6.54 Å². The Kier molecular flexibility index (Phi) is 5.14. The molecule has 1 rings (SSSR count). The van der Waals surface area contributed by atoms with Gasteiger partial charge < -0.3 is 5.32 Å². The van der Waals surface area contributed by atoms with Crippen molar-refractivity contribution in [3.05, 3.63) is 35.4 Å². The van der Waals surface area contributed by atoms with Crippen LogP contribution in [-0.4, -0.2) is 18.9 Å². The van der Waals surface area contributed by atoms with Gasteiger partial charge in [0.05, 0.1) is 0 Å². The highest BCUT2D eigenvalue weighted by atomic mass is 19.3. The topological polar surface area (TPSA) is 12.0 Å². The third-order valence-corrected chi connectivity index (χ3v) is 2.68. The van der Waals surface area contributed by atoms with Gasteiger partial charge in [-0.3, -0.25) is 0 Å². The molecule has 0 bridgehead atoms. The lowest BCUT2D eigenvalue weighted by Crippen LogP contribution is -2.42. The number of rotatable bonds is 6. The average molecular weight is 263 g/mol. The maximum atomic E-state index is 13.5. The van der Waals surface area contributed by atoms with Gasteiger partial charge in [0, 0.05) is 0 Å². The molecule has 0 saturated carbocycles. The smallest absolute Gasteiger partial charge is 0.305 e. The number of aryl methyl sites for hydroxylation is 1. The maximum Gasteiger partial charge on any atom is 0.326 e. The van der Waals surface area contributed by atoms with E-state index in [4.69, 9.17) is 0 Å². The van der Waals surface area contributed by atoms with E-state index < -0.39 is 18.4 Å². The summed E-state index contributed by atoms with van der Waals surface area (Å²) >= 11 is 0. The Morgan fingerprint density at radius 1 is 1.17 bits per heavy atom. The quantitative estimate of drug-likeness (QED) is 0.767. The van der Waals surface area contributed by atoms with Crippen molar-refractivity contribution in [3.8, 4) is 0 Å². The van der Waals surface area contributed by atoms with E-state index in [1.807, 2.05) is 6.92 Å². The van der Waals surface area contributed by atoms with E-state index in [9.17, 15) is 17.6 Å². The van der Waals surface area contributed by atoms with E-state index in [2.05, 4.69) is 5.32 Å². The summed E-state index contributed by atoms with van der Waals surface area (Å²) in [4.78, 5) is 0. The van der Waals surface area contributed by atoms with Crippen LogP contribution in [0.15, 0.2) is 24.3 Å². The summed E-state index contributed by atoms with van der Waals surface area (Å²) in [5.74, 6) is -4.08. The molecule has 18 heavy (non-hydrogen) atoms. The van der Waals surface area contributed by atoms with Crippen LogP contribution in [0.4, 0.5) is 17.6 Å². The van der Waals surface area contributed by atoms with Crippen molar-refractivity contribution in [2.45, 2.75) is 38.7 Å². The molecule has 0 amide bonds. The van der Waals surface area contributed by atoms with E-state index in [-0.39, 0.29) is 12.1 Å². The van der Waals surface area contributed by atoms with Gasteiger partial charge in [-0.05, 0) is 25.5 Å². The van der Waals surface area contributed by atoms with Crippen molar-refractivity contribution in [1.29, 1.82) is 0 Å². The van der Waals surface area contributed by atoms with Gasteiger partial charge in [-0.15, -0.1) is 0 Å². The van der Waals surface area contributed by atoms with E-state index in [0.29, 0.717) is 6.42 Å². The van der Waals surface area contributed by atoms with E-state index in [0.717, 1.165) is 5.56 Å². The fourth-order valence-corrected chi connectivity index (χ4v) is 1.65. The molecule has 1 atom stereocenters. The third kappa shape index (κ3) is 3.45. The van der Waals surface area contributed by atoms with Crippen molar-refractivity contribution in [2.24, 2.45) is 0 Å². The zero-order valence-electron chi connectivity index (χ0n) is 10.4. The molecule has 5 heteroatoms. The first-order valence-corrected chi connectivity index (χ1v) is 5.85. The molecule has 0 aromatic heterocycles. The summed E-state index contributed by atoms with van der Waals surface area (Å²) in [5, 5.41) is 2.50. The second-order valence-electron chi connectivity index (χ2n) is 4.27. The lowest BCUT2D eigenvalue weighted by Gasteiger charge is -2.27. The molecule has 0 aliphatic carbocycles. The number of alkyl halides is 4. The molecular formula is C13H17F4N. The Morgan fingerprint density at radius 3 is 2.17 bits per heavy atom. The molecule has 1 N–H and O–H groups in total. The van der Waals surface area contributed by atoms with Crippen LogP contribution in [0.1, 0.15) is 30.5 Å². The van der Waals surface area contributed by atoms with Crippen LogP contribution in [0.25, 0.3) is 0 Å². The van der Waals surface area contributed by atoms with Gasteiger partial charge in [-0.1, -0.05) is 36.8 Å². The monoisotopic (exact) mass is 263 g/mol. The number of halogens is 4. The Balaban J connectivity index is 3.01. The van der Waals surface area contributed by atoms with Gasteiger partial charge >= 0.3 is 12.3 Å². The number of hydrogen-bond acceptors (Lipinski definition) is 1. The first kappa shape index (κ1) is 15.0. The number of nitrogens with one attached hydrogen (secondary N) is 1. The van der Waals surface area contributed by atoms with Crippen LogP contribution in [0.2, 0.25) is 0 Å². The van der Waals surface area contributed by atoms with Gasteiger partial charge in [0.1, 0.15) is 6.04 Å². The van der Waals surface area contributed by atoms with Crippen LogP contribution < -0.4 is 5.32 Å². The highest BCUT2D eigenvalue weighted by Gasteiger charge is 2.49. The molecule has 1 aromatic carbocycles. The molecule has 0 aliphatic rings. The second-order valence-corrected chi connectivity index (χ2v) is 4.27. The van der Waals surface area contributed by atoms with Gasteiger partial charge in [-0.2, -0.15) is 8.78 Å². The number of benzene rings is 1. The van der Waals surface area contributed by atoms with Crippen LogP contribution >= 0.6 is 0 Å². The predicted molar refractivity (Wildman–Crippen MR) is 63.2 cm³/mol. The highest BCUT2D eigenvalue weighted by molar-refractivity contribution is 5.26. The Morgan fingerprint density at radius 2 is 1.72 bits per heavy atom. The molecule has 1 nitrogen and oxygen atoms in total. The first-order valence-electron chi connectivity index (χ1n) is 5.85. The summed E-state index contributed by atoms with van der Waals surface area (Å²) in [7, 11) is 0. The zero-order chi connectivity index (χ0) is 13.8. The van der Waals surface area contributed by atoms with E-state index in [1.54, 1.807) is 19.1 Å². The van der Waals surface area contributed by atoms with E-state index >= 15 is 0 Å². The molecule has 0 heterocycles. The summed E-state index contributed by atoms with van der Waals surface area (Å²) in [6, 6.07) is 4.53. The van der Waals surface area contributed by atoms with Crippen LogP contribution in [0.5, 0.6) is 0 Å². The van der Waals surface area contributed by atoms with Crippen molar-refractivity contribution in [1.82, 2.24) is 5.32 Å². The lowest BCUT2D eigenvalue weighted by molar-refractivity contribution is -0.151. The minimum atomic E-state index is -4.08. The fourth-order valence-electron chi connectivity index (χ4n) is 1.65. The first-order chi connectivity index (χ1) is 8.39. The van der Waals surface area contributed by atoms with Crippen molar-refractivity contribution >= 4 is 0 Å². The Bertz CT molecular complexity index is 362. The predicted octanol–water partition coefficient (Wildman–Crippen LogP) is 3.94. The van der Waals surface area contributed by atoms with Crippen molar-refractivity contribution < 1.29 is 17.6 Å². The fraction of sp³-hybridized carbons (Fsp3) is 0.538. The van der Waals surface area contributed by atoms with Crippen LogP contribution in [-0.2, 0) is 0 Å². The van der Waals surface area contributed by atoms with Crippen LogP contribution in [0, 0.1) is 6.92 Å². The largest absolute Gasteiger partial charge is 0.326 e. The third-order valence-electron chi connectivity index (χ3n) is 2.68. The second kappa shape index (κ2) is 6.18.